The molecule has 0 aliphatic carbocycles. The molecule has 6 nitrogen and oxygen atoms in total. The van der Waals surface area contributed by atoms with Crippen LogP contribution in [0.5, 0.6) is 0 Å². The number of aromatic amines is 1. The summed E-state index contributed by atoms with van der Waals surface area (Å²) in [7, 11) is 0. The van der Waals surface area contributed by atoms with Crippen molar-refractivity contribution >= 4 is 34.1 Å². The summed E-state index contributed by atoms with van der Waals surface area (Å²) in [5.74, 6) is -0.183. The molecule has 0 bridgehead atoms. The molecule has 1 aromatic heterocycles. The minimum absolute atomic E-state index is 0.194. The number of fused-ring (bicyclic) bond motifs is 1. The van der Waals surface area contributed by atoms with E-state index in [1.165, 1.54) is 24.3 Å². The fourth-order valence-corrected chi connectivity index (χ4v) is 3.34. The van der Waals surface area contributed by atoms with Gasteiger partial charge in [-0.15, -0.1) is 0 Å². The summed E-state index contributed by atoms with van der Waals surface area (Å²) < 4.78 is 13.1. The van der Waals surface area contributed by atoms with E-state index in [0.717, 1.165) is 0 Å². The van der Waals surface area contributed by atoms with Gasteiger partial charge in [-0.05, 0) is 49.2 Å². The molecule has 1 heterocycles. The van der Waals surface area contributed by atoms with E-state index in [4.69, 9.17) is 11.6 Å². The Morgan fingerprint density at radius 1 is 1.17 bits per heavy atom. The number of halogens is 2. The summed E-state index contributed by atoms with van der Waals surface area (Å²) in [5.41, 5.74) is 0.708. The number of nitrogens with one attached hydrogen (secondary N) is 2. The Bertz CT molecular complexity index is 1080. The van der Waals surface area contributed by atoms with Crippen LogP contribution < -0.4 is 10.9 Å². The predicted molar refractivity (Wildman–Crippen MR) is 113 cm³/mol. The lowest BCUT2D eigenvalue weighted by Gasteiger charge is -2.31. The van der Waals surface area contributed by atoms with Crippen LogP contribution in [0.3, 0.4) is 0 Å². The SMILES string of the molecule is CC(C)CN(C(=O)Nc1ccc(F)cc1)[C@H](C)c1n[nH]c(=O)c2cc(Cl)ccc12. The van der Waals surface area contributed by atoms with Gasteiger partial charge in [0.1, 0.15) is 5.82 Å². The number of hydrogen-bond acceptors (Lipinski definition) is 3. The lowest BCUT2D eigenvalue weighted by Crippen LogP contribution is -2.40. The van der Waals surface area contributed by atoms with Gasteiger partial charge in [0, 0.05) is 22.6 Å². The Labute approximate surface area is 172 Å². The standard InChI is InChI=1S/C21H22ClFN4O2/c1-12(2)11-27(21(29)24-16-7-5-15(23)6-8-16)13(3)19-17-9-4-14(22)10-18(17)20(28)26-25-19/h4-10,12-13H,11H2,1-3H3,(H,24,29)(H,26,28)/t13-/m1/s1. The fourth-order valence-electron chi connectivity index (χ4n) is 3.16. The number of aromatic nitrogens is 2. The minimum atomic E-state index is -0.432. The van der Waals surface area contributed by atoms with E-state index in [1.54, 1.807) is 23.1 Å². The van der Waals surface area contributed by atoms with Gasteiger partial charge >= 0.3 is 6.03 Å². The van der Waals surface area contributed by atoms with E-state index in [-0.39, 0.29) is 23.3 Å². The molecule has 2 N–H and O–H groups in total. The highest BCUT2D eigenvalue weighted by atomic mass is 35.5. The van der Waals surface area contributed by atoms with Gasteiger partial charge in [-0.2, -0.15) is 5.10 Å². The molecular weight excluding hydrogens is 395 g/mol. The van der Waals surface area contributed by atoms with Crippen LogP contribution in [0.1, 0.15) is 32.5 Å². The topological polar surface area (TPSA) is 78.1 Å². The molecule has 3 rings (SSSR count). The molecule has 0 saturated heterocycles. The van der Waals surface area contributed by atoms with Gasteiger partial charge in [-0.3, -0.25) is 4.79 Å². The fraction of sp³-hybridized carbons (Fsp3) is 0.286. The van der Waals surface area contributed by atoms with E-state index in [0.29, 0.717) is 33.7 Å². The second kappa shape index (κ2) is 8.61. The Morgan fingerprint density at radius 2 is 1.86 bits per heavy atom. The number of urea groups is 1. The highest BCUT2D eigenvalue weighted by Gasteiger charge is 2.26. The molecule has 0 aliphatic rings. The zero-order valence-corrected chi connectivity index (χ0v) is 17.1. The molecule has 0 aliphatic heterocycles. The lowest BCUT2D eigenvalue weighted by atomic mass is 10.0. The van der Waals surface area contributed by atoms with Crippen molar-refractivity contribution in [3.05, 3.63) is 69.4 Å². The molecule has 1 atom stereocenters. The monoisotopic (exact) mass is 416 g/mol. The van der Waals surface area contributed by atoms with Gasteiger partial charge in [0.05, 0.1) is 17.1 Å². The van der Waals surface area contributed by atoms with E-state index >= 15 is 0 Å². The molecular formula is C21H22ClFN4O2. The molecule has 2 aromatic carbocycles. The summed E-state index contributed by atoms with van der Waals surface area (Å²) in [6.07, 6.45) is 0. The van der Waals surface area contributed by atoms with Crippen molar-refractivity contribution in [3.8, 4) is 0 Å². The molecule has 152 valence electrons. The first-order valence-electron chi connectivity index (χ1n) is 9.27. The molecule has 0 saturated carbocycles. The maximum absolute atomic E-state index is 13.1. The summed E-state index contributed by atoms with van der Waals surface area (Å²) >= 11 is 6.03. The van der Waals surface area contributed by atoms with Gasteiger partial charge < -0.3 is 10.2 Å². The smallest absolute Gasteiger partial charge is 0.316 e. The Morgan fingerprint density at radius 3 is 2.52 bits per heavy atom. The van der Waals surface area contributed by atoms with E-state index in [1.807, 2.05) is 20.8 Å². The van der Waals surface area contributed by atoms with Crippen LogP contribution in [0.2, 0.25) is 5.02 Å². The van der Waals surface area contributed by atoms with Crippen molar-refractivity contribution in [1.82, 2.24) is 15.1 Å². The number of anilines is 1. The number of hydrogen-bond donors (Lipinski definition) is 2. The third kappa shape index (κ3) is 4.74. The number of rotatable bonds is 5. The van der Waals surface area contributed by atoms with Crippen LogP contribution >= 0.6 is 11.6 Å². The van der Waals surface area contributed by atoms with Gasteiger partial charge in [-0.1, -0.05) is 31.5 Å². The number of nitrogens with zero attached hydrogens (tertiary/aromatic N) is 2. The summed E-state index contributed by atoms with van der Waals surface area (Å²) in [6, 6.07) is 9.80. The predicted octanol–water partition coefficient (Wildman–Crippen LogP) is 4.97. The first kappa shape index (κ1) is 20.8. The molecule has 0 spiro atoms. The van der Waals surface area contributed by atoms with Crippen molar-refractivity contribution in [3.63, 3.8) is 0 Å². The molecule has 8 heteroatoms. The number of amides is 2. The van der Waals surface area contributed by atoms with Crippen molar-refractivity contribution in [2.45, 2.75) is 26.8 Å². The zero-order chi connectivity index (χ0) is 21.1. The Kier molecular flexibility index (Phi) is 6.17. The second-order valence-electron chi connectivity index (χ2n) is 7.29. The lowest BCUT2D eigenvalue weighted by molar-refractivity contribution is 0.182. The highest BCUT2D eigenvalue weighted by molar-refractivity contribution is 6.31. The van der Waals surface area contributed by atoms with E-state index in [9.17, 15) is 14.0 Å². The van der Waals surface area contributed by atoms with Gasteiger partial charge in [0.2, 0.25) is 0 Å². The van der Waals surface area contributed by atoms with Crippen LogP contribution in [0.25, 0.3) is 10.8 Å². The molecule has 29 heavy (non-hydrogen) atoms. The van der Waals surface area contributed by atoms with E-state index in [2.05, 4.69) is 15.5 Å². The maximum Gasteiger partial charge on any atom is 0.322 e. The first-order valence-corrected chi connectivity index (χ1v) is 9.65. The minimum Gasteiger partial charge on any atom is -0.316 e. The number of carbonyl (C=O) groups excluding carboxylic acids is 1. The van der Waals surface area contributed by atoms with Crippen molar-refractivity contribution in [1.29, 1.82) is 0 Å². The van der Waals surface area contributed by atoms with Crippen LogP contribution in [0.4, 0.5) is 14.9 Å². The third-order valence-corrected chi connectivity index (χ3v) is 4.80. The Balaban J connectivity index is 1.97. The molecule has 3 aromatic rings. The number of H-pyrrole nitrogens is 1. The molecule has 0 fully saturated rings. The average molecular weight is 417 g/mol. The number of carbonyl (C=O) groups is 1. The van der Waals surface area contributed by atoms with E-state index < -0.39 is 6.04 Å². The molecule has 2 amide bonds. The van der Waals surface area contributed by atoms with Gasteiger partial charge in [-0.25, -0.2) is 14.3 Å². The molecule has 0 unspecified atom stereocenters. The molecule has 0 radical (unpaired) electrons. The summed E-state index contributed by atoms with van der Waals surface area (Å²) in [5, 5.41) is 11.0. The average Bonchev–Trinajstić information content (AvgIpc) is 2.68. The van der Waals surface area contributed by atoms with Crippen LogP contribution in [0, 0.1) is 11.7 Å². The highest BCUT2D eigenvalue weighted by Crippen LogP contribution is 2.27. The second-order valence-corrected chi connectivity index (χ2v) is 7.72. The van der Waals surface area contributed by atoms with Crippen molar-refractivity contribution < 1.29 is 9.18 Å². The summed E-state index contributed by atoms with van der Waals surface area (Å²) in [4.78, 5) is 26.8. The number of benzene rings is 2. The maximum atomic E-state index is 13.1. The van der Waals surface area contributed by atoms with Crippen molar-refractivity contribution in [2.24, 2.45) is 5.92 Å². The normalized spacial score (nSPS) is 12.2. The zero-order valence-electron chi connectivity index (χ0n) is 16.4. The van der Waals surface area contributed by atoms with Crippen molar-refractivity contribution in [2.75, 3.05) is 11.9 Å². The Hall–Kier alpha value is -2.93. The first-order chi connectivity index (χ1) is 13.8. The quantitative estimate of drug-likeness (QED) is 0.616. The largest absolute Gasteiger partial charge is 0.322 e. The van der Waals surface area contributed by atoms with Crippen LogP contribution in [-0.4, -0.2) is 27.7 Å². The summed E-state index contributed by atoms with van der Waals surface area (Å²) in [6.45, 7) is 6.32. The van der Waals surface area contributed by atoms with Gasteiger partial charge in [0.25, 0.3) is 5.56 Å². The third-order valence-electron chi connectivity index (χ3n) is 4.56. The van der Waals surface area contributed by atoms with Gasteiger partial charge in [0.15, 0.2) is 0 Å². The van der Waals surface area contributed by atoms with Crippen LogP contribution in [-0.2, 0) is 0 Å². The van der Waals surface area contributed by atoms with Crippen LogP contribution in [0.15, 0.2) is 47.3 Å².